The van der Waals surface area contributed by atoms with E-state index in [1.807, 2.05) is 73.6 Å². The lowest BCUT2D eigenvalue weighted by Gasteiger charge is -1.90. The second kappa shape index (κ2) is 18.0. The summed E-state index contributed by atoms with van der Waals surface area (Å²) in [5, 5.41) is 0. The lowest BCUT2D eigenvalue weighted by Crippen LogP contribution is -1.81. The molecule has 0 aromatic carbocycles. The Balaban J connectivity index is -0.000000174. The first kappa shape index (κ1) is 18.8. The number of nitrogens with zero attached hydrogens (tertiary/aromatic N) is 1. The van der Waals surface area contributed by atoms with Gasteiger partial charge in [0.15, 0.2) is 0 Å². The summed E-state index contributed by atoms with van der Waals surface area (Å²) in [4.78, 5) is 4.17. The average molecular weight is 197 g/mol. The summed E-state index contributed by atoms with van der Waals surface area (Å²) in [5.41, 5.74) is 2.18. The molecular weight excluding hydrogens is 170 g/mol. The van der Waals surface area contributed by atoms with Gasteiger partial charge in [-0.3, -0.25) is 4.98 Å². The zero-order valence-electron chi connectivity index (χ0n) is 11.2. The van der Waals surface area contributed by atoms with E-state index in [-0.39, 0.29) is 0 Å². The molecule has 0 aliphatic carbocycles. The highest BCUT2D eigenvalue weighted by Gasteiger charge is 1.82. The molecule has 84 valence electrons. The fourth-order valence-corrected chi connectivity index (χ4v) is 0.679. The van der Waals surface area contributed by atoms with Gasteiger partial charge in [-0.2, -0.15) is 0 Å². The van der Waals surface area contributed by atoms with E-state index in [1.54, 1.807) is 0 Å². The molecule has 1 heteroatoms. The van der Waals surface area contributed by atoms with E-state index in [0.717, 1.165) is 11.4 Å². The third-order valence-corrected chi connectivity index (χ3v) is 1.03. The maximum Gasteiger partial charge on any atom is 0.0375 e. The van der Waals surface area contributed by atoms with Crippen molar-refractivity contribution in [3.63, 3.8) is 0 Å². The van der Waals surface area contributed by atoms with Gasteiger partial charge in [-0.05, 0) is 26.0 Å². The van der Waals surface area contributed by atoms with E-state index in [1.165, 1.54) is 0 Å². The van der Waals surface area contributed by atoms with Crippen LogP contribution in [-0.4, -0.2) is 4.98 Å². The van der Waals surface area contributed by atoms with Crippen LogP contribution in [0.3, 0.4) is 0 Å². The molecule has 0 aliphatic heterocycles. The van der Waals surface area contributed by atoms with Crippen LogP contribution in [-0.2, 0) is 0 Å². The van der Waals surface area contributed by atoms with Gasteiger partial charge < -0.3 is 0 Å². The first-order valence-electron chi connectivity index (χ1n) is 5.69. The van der Waals surface area contributed by atoms with Gasteiger partial charge in [-0.1, -0.05) is 47.6 Å². The lowest BCUT2D eigenvalue weighted by molar-refractivity contribution is 1.12. The standard InChI is InChI=1S/C7H9N.3C2H6/c1-6-4-3-5-7(2)8-6;3*1-2/h3-5H,1-2H3;3*1-2H3. The fourth-order valence-electron chi connectivity index (χ4n) is 0.679. The van der Waals surface area contributed by atoms with Gasteiger partial charge in [0.2, 0.25) is 0 Å². The smallest absolute Gasteiger partial charge is 0.0375 e. The Kier molecular flexibility index (Phi) is 24.3. The zero-order valence-corrected chi connectivity index (χ0v) is 11.2. The van der Waals surface area contributed by atoms with Crippen molar-refractivity contribution >= 4 is 0 Å². The van der Waals surface area contributed by atoms with Gasteiger partial charge in [-0.25, -0.2) is 0 Å². The van der Waals surface area contributed by atoms with Crippen molar-refractivity contribution in [3.8, 4) is 0 Å². The van der Waals surface area contributed by atoms with E-state index in [2.05, 4.69) is 4.98 Å². The van der Waals surface area contributed by atoms with E-state index in [0.29, 0.717) is 0 Å². The van der Waals surface area contributed by atoms with Gasteiger partial charge >= 0.3 is 0 Å². The normalized spacial score (nSPS) is 6.57. The molecule has 0 atom stereocenters. The van der Waals surface area contributed by atoms with Crippen molar-refractivity contribution in [3.05, 3.63) is 29.6 Å². The number of hydrogen-bond acceptors (Lipinski definition) is 1. The largest absolute Gasteiger partial charge is 0.258 e. The van der Waals surface area contributed by atoms with Crippen molar-refractivity contribution in [1.29, 1.82) is 0 Å². The minimum absolute atomic E-state index is 1.09. The van der Waals surface area contributed by atoms with Crippen molar-refractivity contribution in [2.75, 3.05) is 0 Å². The summed E-state index contributed by atoms with van der Waals surface area (Å²) in [5.74, 6) is 0. The van der Waals surface area contributed by atoms with Crippen LogP contribution in [0.2, 0.25) is 0 Å². The molecule has 0 spiro atoms. The molecule has 0 amide bonds. The predicted octanol–water partition coefficient (Wildman–Crippen LogP) is 4.78. The van der Waals surface area contributed by atoms with Crippen LogP contribution >= 0.6 is 0 Å². The molecule has 1 aromatic rings. The third-order valence-electron chi connectivity index (χ3n) is 1.03. The number of aromatic nitrogens is 1. The first-order valence-corrected chi connectivity index (χ1v) is 5.69. The molecule has 0 aliphatic rings. The van der Waals surface area contributed by atoms with Crippen molar-refractivity contribution in [1.82, 2.24) is 4.98 Å². The van der Waals surface area contributed by atoms with Gasteiger partial charge in [0.05, 0.1) is 0 Å². The monoisotopic (exact) mass is 197 g/mol. The molecule has 0 fully saturated rings. The molecule has 14 heavy (non-hydrogen) atoms. The summed E-state index contributed by atoms with van der Waals surface area (Å²) in [6, 6.07) is 6.00. The minimum atomic E-state index is 1.09. The fraction of sp³-hybridized carbons (Fsp3) is 0.615. The van der Waals surface area contributed by atoms with Crippen LogP contribution < -0.4 is 0 Å². The van der Waals surface area contributed by atoms with E-state index in [9.17, 15) is 0 Å². The molecule has 1 aromatic heterocycles. The third kappa shape index (κ3) is 13.7. The van der Waals surface area contributed by atoms with Crippen LogP contribution in [0.5, 0.6) is 0 Å². The SMILES string of the molecule is CC.CC.CC.Cc1cccc(C)n1. The Bertz CT molecular complexity index is 165. The summed E-state index contributed by atoms with van der Waals surface area (Å²) in [6.45, 7) is 16.0. The number of aryl methyl sites for hydroxylation is 2. The Hall–Kier alpha value is -0.850. The number of pyridine rings is 1. The summed E-state index contributed by atoms with van der Waals surface area (Å²) < 4.78 is 0. The van der Waals surface area contributed by atoms with Crippen molar-refractivity contribution in [2.24, 2.45) is 0 Å². The van der Waals surface area contributed by atoms with Gasteiger partial charge in [0, 0.05) is 11.4 Å². The summed E-state index contributed by atoms with van der Waals surface area (Å²) in [6.07, 6.45) is 0. The Labute approximate surface area is 90.6 Å². The first-order chi connectivity index (χ1) is 6.79. The predicted molar refractivity (Wildman–Crippen MR) is 67.8 cm³/mol. The van der Waals surface area contributed by atoms with E-state index < -0.39 is 0 Å². The van der Waals surface area contributed by atoms with Crippen LogP contribution in [0.1, 0.15) is 52.9 Å². The highest BCUT2D eigenvalue weighted by Crippen LogP contribution is 1.93. The lowest BCUT2D eigenvalue weighted by atomic mass is 10.3. The Morgan fingerprint density at radius 3 is 1.14 bits per heavy atom. The van der Waals surface area contributed by atoms with Crippen molar-refractivity contribution < 1.29 is 0 Å². The van der Waals surface area contributed by atoms with E-state index in [4.69, 9.17) is 0 Å². The van der Waals surface area contributed by atoms with Crippen LogP contribution in [0.25, 0.3) is 0 Å². The molecule has 1 nitrogen and oxygen atoms in total. The summed E-state index contributed by atoms with van der Waals surface area (Å²) >= 11 is 0. The molecular formula is C13H27N. The van der Waals surface area contributed by atoms with Crippen LogP contribution in [0.4, 0.5) is 0 Å². The molecule has 0 bridgehead atoms. The molecule has 0 N–H and O–H groups in total. The molecule has 0 saturated carbocycles. The Morgan fingerprint density at radius 1 is 0.714 bits per heavy atom. The number of rotatable bonds is 0. The van der Waals surface area contributed by atoms with Crippen LogP contribution in [0, 0.1) is 13.8 Å². The minimum Gasteiger partial charge on any atom is -0.258 e. The second-order valence-electron chi connectivity index (χ2n) is 1.92. The van der Waals surface area contributed by atoms with Gasteiger partial charge in [0.1, 0.15) is 0 Å². The van der Waals surface area contributed by atoms with Gasteiger partial charge in [-0.15, -0.1) is 0 Å². The zero-order chi connectivity index (χ0) is 12.0. The highest BCUT2D eigenvalue weighted by atomic mass is 14.7. The average Bonchev–Trinajstić information content (AvgIpc) is 2.26. The second-order valence-corrected chi connectivity index (χ2v) is 1.92. The van der Waals surface area contributed by atoms with E-state index >= 15 is 0 Å². The van der Waals surface area contributed by atoms with Gasteiger partial charge in [0.25, 0.3) is 0 Å². The van der Waals surface area contributed by atoms with Crippen molar-refractivity contribution in [2.45, 2.75) is 55.4 Å². The molecule has 1 heterocycles. The maximum absolute atomic E-state index is 4.17. The summed E-state index contributed by atoms with van der Waals surface area (Å²) in [7, 11) is 0. The molecule has 0 saturated heterocycles. The molecule has 1 rings (SSSR count). The number of hydrogen-bond donors (Lipinski definition) is 0. The van der Waals surface area contributed by atoms with Crippen LogP contribution in [0.15, 0.2) is 18.2 Å². The Morgan fingerprint density at radius 2 is 1.00 bits per heavy atom. The topological polar surface area (TPSA) is 12.9 Å². The molecule has 0 unspecified atom stereocenters. The maximum atomic E-state index is 4.17. The molecule has 0 radical (unpaired) electrons. The highest BCUT2D eigenvalue weighted by molar-refractivity contribution is 5.07. The quantitative estimate of drug-likeness (QED) is 0.583.